The number of hydrogen-bond acceptors (Lipinski definition) is 3. The summed E-state index contributed by atoms with van der Waals surface area (Å²) in [5, 5.41) is 8.87. The van der Waals surface area contributed by atoms with E-state index in [1.807, 2.05) is 7.05 Å². The van der Waals surface area contributed by atoms with Gasteiger partial charge in [-0.25, -0.2) is 0 Å². The predicted molar refractivity (Wildman–Crippen MR) is 43.3 cm³/mol. The van der Waals surface area contributed by atoms with Crippen LogP contribution in [-0.4, -0.2) is 38.6 Å². The van der Waals surface area contributed by atoms with Crippen LogP contribution >= 0.6 is 0 Å². The highest BCUT2D eigenvalue weighted by atomic mass is 16.2. The smallest absolute Gasteiger partial charge is 0.241 e. The molecular weight excluding hydrogens is 142 g/mol. The number of nitrogens with one attached hydrogen (secondary N) is 3. The maximum atomic E-state index is 11.4. The zero-order valence-electron chi connectivity index (χ0n) is 7.03. The van der Waals surface area contributed by atoms with Crippen molar-refractivity contribution >= 4 is 5.91 Å². The molecule has 1 saturated heterocycles. The minimum atomic E-state index is -0.366. The predicted octanol–water partition coefficient (Wildman–Crippen LogP) is -1.32. The van der Waals surface area contributed by atoms with Crippen LogP contribution in [0.3, 0.4) is 0 Å². The van der Waals surface area contributed by atoms with Crippen LogP contribution in [-0.2, 0) is 4.79 Å². The summed E-state index contributed by atoms with van der Waals surface area (Å²) >= 11 is 0. The summed E-state index contributed by atoms with van der Waals surface area (Å²) in [6.07, 6.45) is 0.864. The van der Waals surface area contributed by atoms with E-state index in [1.165, 1.54) is 0 Å². The molecule has 1 atom stereocenters. The molecule has 1 heterocycles. The maximum Gasteiger partial charge on any atom is 0.241 e. The van der Waals surface area contributed by atoms with Gasteiger partial charge in [0, 0.05) is 13.6 Å². The minimum absolute atomic E-state index is 0.0741. The largest absolute Gasteiger partial charge is 0.358 e. The van der Waals surface area contributed by atoms with Gasteiger partial charge in [-0.1, -0.05) is 0 Å². The second kappa shape index (κ2) is 3.19. The molecule has 1 aliphatic rings. The van der Waals surface area contributed by atoms with Crippen molar-refractivity contribution in [1.82, 2.24) is 16.0 Å². The van der Waals surface area contributed by atoms with Crippen LogP contribution in [0.1, 0.15) is 6.42 Å². The number of carbonyl (C=O) groups is 1. The van der Waals surface area contributed by atoms with Gasteiger partial charge in [-0.3, -0.25) is 4.79 Å². The summed E-state index contributed by atoms with van der Waals surface area (Å²) in [4.78, 5) is 11.4. The number of carbonyl (C=O) groups excluding carboxylic acids is 1. The average molecular weight is 157 g/mol. The van der Waals surface area contributed by atoms with Crippen LogP contribution in [0.15, 0.2) is 0 Å². The van der Waals surface area contributed by atoms with Gasteiger partial charge >= 0.3 is 0 Å². The van der Waals surface area contributed by atoms with Crippen LogP contribution in [0.2, 0.25) is 0 Å². The van der Waals surface area contributed by atoms with Crippen molar-refractivity contribution in [3.05, 3.63) is 0 Å². The molecule has 1 fully saturated rings. The summed E-state index contributed by atoms with van der Waals surface area (Å²) in [5.74, 6) is 0.0741. The molecule has 0 aliphatic carbocycles. The second-order valence-corrected chi connectivity index (χ2v) is 2.84. The van der Waals surface area contributed by atoms with E-state index < -0.39 is 0 Å². The summed E-state index contributed by atoms with van der Waals surface area (Å²) in [6.45, 7) is 1.64. The lowest BCUT2D eigenvalue weighted by Crippen LogP contribution is -2.56. The first-order chi connectivity index (χ1) is 5.25. The monoisotopic (exact) mass is 157 g/mol. The summed E-state index contributed by atoms with van der Waals surface area (Å²) in [5.41, 5.74) is -0.366. The van der Waals surface area contributed by atoms with Crippen LogP contribution < -0.4 is 16.0 Å². The van der Waals surface area contributed by atoms with Crippen molar-refractivity contribution in [3.8, 4) is 0 Å². The molecule has 1 aliphatic heterocycles. The van der Waals surface area contributed by atoms with Crippen molar-refractivity contribution < 1.29 is 4.79 Å². The number of hydrogen-bond donors (Lipinski definition) is 3. The Morgan fingerprint density at radius 2 is 2.27 bits per heavy atom. The molecule has 3 N–H and O–H groups in total. The number of likely N-dealkylation sites (N-methyl/N-ethyl adjacent to an activating group) is 2. The van der Waals surface area contributed by atoms with Gasteiger partial charge in [0.15, 0.2) is 0 Å². The van der Waals surface area contributed by atoms with Crippen LogP contribution in [0.4, 0.5) is 0 Å². The molecule has 0 aromatic carbocycles. The van der Waals surface area contributed by atoms with Crippen molar-refractivity contribution in [2.75, 3.05) is 27.2 Å². The van der Waals surface area contributed by atoms with Gasteiger partial charge in [-0.05, 0) is 20.0 Å². The molecule has 4 heteroatoms. The Morgan fingerprint density at radius 3 is 2.64 bits per heavy atom. The quantitative estimate of drug-likeness (QED) is 0.466. The fourth-order valence-corrected chi connectivity index (χ4v) is 1.45. The van der Waals surface area contributed by atoms with Crippen LogP contribution in [0, 0.1) is 0 Å². The lowest BCUT2D eigenvalue weighted by atomic mass is 9.98. The normalized spacial score (nSPS) is 30.4. The Balaban J connectivity index is 2.66. The molecule has 64 valence electrons. The SMILES string of the molecule is CNC(=O)C1(NC)CCNC1. The highest BCUT2D eigenvalue weighted by Gasteiger charge is 2.38. The van der Waals surface area contributed by atoms with E-state index in [-0.39, 0.29) is 11.4 Å². The van der Waals surface area contributed by atoms with Gasteiger partial charge < -0.3 is 16.0 Å². The molecule has 0 bridgehead atoms. The zero-order valence-corrected chi connectivity index (χ0v) is 7.03. The van der Waals surface area contributed by atoms with E-state index in [2.05, 4.69) is 16.0 Å². The average Bonchev–Trinajstić information content (AvgIpc) is 2.52. The lowest BCUT2D eigenvalue weighted by Gasteiger charge is -2.25. The first-order valence-electron chi connectivity index (χ1n) is 3.87. The van der Waals surface area contributed by atoms with E-state index in [1.54, 1.807) is 7.05 Å². The van der Waals surface area contributed by atoms with Crippen molar-refractivity contribution in [2.45, 2.75) is 12.0 Å². The van der Waals surface area contributed by atoms with Crippen molar-refractivity contribution in [3.63, 3.8) is 0 Å². The molecule has 1 rings (SSSR count). The molecule has 0 spiro atoms. The molecule has 0 saturated carbocycles. The van der Waals surface area contributed by atoms with Gasteiger partial charge in [-0.15, -0.1) is 0 Å². The van der Waals surface area contributed by atoms with E-state index in [9.17, 15) is 4.79 Å². The molecule has 1 amide bonds. The van der Waals surface area contributed by atoms with Crippen LogP contribution in [0.25, 0.3) is 0 Å². The van der Waals surface area contributed by atoms with Crippen molar-refractivity contribution in [1.29, 1.82) is 0 Å². The highest BCUT2D eigenvalue weighted by molar-refractivity contribution is 5.86. The third kappa shape index (κ3) is 1.36. The molecular formula is C7H15N3O. The third-order valence-electron chi connectivity index (χ3n) is 2.30. The summed E-state index contributed by atoms with van der Waals surface area (Å²) < 4.78 is 0. The van der Waals surface area contributed by atoms with Crippen LogP contribution in [0.5, 0.6) is 0 Å². The molecule has 1 unspecified atom stereocenters. The number of rotatable bonds is 2. The van der Waals surface area contributed by atoms with Crippen molar-refractivity contribution in [2.24, 2.45) is 0 Å². The summed E-state index contributed by atoms with van der Waals surface area (Å²) in [7, 11) is 3.49. The van der Waals surface area contributed by atoms with E-state index in [0.717, 1.165) is 19.5 Å². The maximum absolute atomic E-state index is 11.4. The van der Waals surface area contributed by atoms with E-state index in [0.29, 0.717) is 0 Å². The van der Waals surface area contributed by atoms with Gasteiger partial charge in [-0.2, -0.15) is 0 Å². The molecule has 11 heavy (non-hydrogen) atoms. The van der Waals surface area contributed by atoms with E-state index >= 15 is 0 Å². The minimum Gasteiger partial charge on any atom is -0.358 e. The zero-order chi connectivity index (χ0) is 8.32. The second-order valence-electron chi connectivity index (χ2n) is 2.84. The molecule has 0 aromatic rings. The Morgan fingerprint density at radius 1 is 1.55 bits per heavy atom. The molecule has 0 radical (unpaired) electrons. The summed E-state index contributed by atoms with van der Waals surface area (Å²) in [6, 6.07) is 0. The standard InChI is InChI=1S/C7H15N3O/c1-8-6(11)7(9-2)3-4-10-5-7/h9-10H,3-5H2,1-2H3,(H,8,11). The Hall–Kier alpha value is -0.610. The fourth-order valence-electron chi connectivity index (χ4n) is 1.45. The topological polar surface area (TPSA) is 53.2 Å². The molecule has 4 nitrogen and oxygen atoms in total. The highest BCUT2D eigenvalue weighted by Crippen LogP contribution is 2.13. The van der Waals surface area contributed by atoms with Gasteiger partial charge in [0.2, 0.25) is 5.91 Å². The number of amides is 1. The Labute approximate surface area is 66.7 Å². The van der Waals surface area contributed by atoms with Gasteiger partial charge in [0.1, 0.15) is 5.54 Å². The fraction of sp³-hybridized carbons (Fsp3) is 0.857. The van der Waals surface area contributed by atoms with Gasteiger partial charge in [0.25, 0.3) is 0 Å². The first kappa shape index (κ1) is 8.49. The molecule has 0 aromatic heterocycles. The van der Waals surface area contributed by atoms with E-state index in [4.69, 9.17) is 0 Å². The Bertz CT molecular complexity index is 152. The third-order valence-corrected chi connectivity index (χ3v) is 2.30. The Kier molecular flexibility index (Phi) is 2.46. The van der Waals surface area contributed by atoms with Gasteiger partial charge in [0.05, 0.1) is 0 Å². The lowest BCUT2D eigenvalue weighted by molar-refractivity contribution is -0.126. The first-order valence-corrected chi connectivity index (χ1v) is 3.87.